The number of carbonyl (C=O) groups is 1. The normalized spacial score (nSPS) is 23.8. The highest BCUT2D eigenvalue weighted by Gasteiger charge is 2.46. The number of nitrogens with zero attached hydrogens (tertiary/aromatic N) is 5. The van der Waals surface area contributed by atoms with Crippen LogP contribution in [0.4, 0.5) is 0 Å². The Kier molecular flexibility index (Phi) is 4.60. The number of rotatable bonds is 5. The van der Waals surface area contributed by atoms with E-state index < -0.39 is 0 Å². The van der Waals surface area contributed by atoms with Gasteiger partial charge in [-0.3, -0.25) is 14.4 Å². The zero-order valence-electron chi connectivity index (χ0n) is 14.9. The predicted molar refractivity (Wildman–Crippen MR) is 97.4 cm³/mol. The number of aromatic nitrogens is 3. The second-order valence-electron chi connectivity index (χ2n) is 7.08. The highest BCUT2D eigenvalue weighted by molar-refractivity contribution is 7.09. The van der Waals surface area contributed by atoms with Gasteiger partial charge in [0.05, 0.1) is 16.9 Å². The minimum absolute atomic E-state index is 0.168. The molecule has 4 rings (SSSR count). The van der Waals surface area contributed by atoms with Crippen LogP contribution >= 0.6 is 11.3 Å². The van der Waals surface area contributed by atoms with Crippen LogP contribution < -0.4 is 0 Å². The van der Waals surface area contributed by atoms with Crippen molar-refractivity contribution in [1.29, 1.82) is 0 Å². The van der Waals surface area contributed by atoms with Gasteiger partial charge in [-0.05, 0) is 24.3 Å². The number of thiazole rings is 1. The molecule has 2 aliphatic rings. The lowest BCUT2D eigenvalue weighted by molar-refractivity contribution is -0.134. The van der Waals surface area contributed by atoms with Gasteiger partial charge in [-0.2, -0.15) is 5.10 Å². The summed E-state index contributed by atoms with van der Waals surface area (Å²) < 4.78 is 1.82. The van der Waals surface area contributed by atoms with Crippen molar-refractivity contribution >= 4 is 17.2 Å². The molecular weight excluding hydrogens is 334 g/mol. The van der Waals surface area contributed by atoms with Gasteiger partial charge in [-0.15, -0.1) is 11.3 Å². The summed E-state index contributed by atoms with van der Waals surface area (Å²) in [6, 6.07) is 0. The standard InChI is InChI=1S/C18H25N5OS/c1-3-17-20-14(12-25-17)11-22-4-6-23(7-5-22)18(24)16-8-15(16)13-9-19-21(2)10-13/h9-10,12,15-16H,3-8,11H2,1-2H3. The zero-order valence-corrected chi connectivity index (χ0v) is 15.7. The van der Waals surface area contributed by atoms with E-state index in [2.05, 4.69) is 32.2 Å². The highest BCUT2D eigenvalue weighted by atomic mass is 32.1. The van der Waals surface area contributed by atoms with Crippen molar-refractivity contribution in [3.05, 3.63) is 34.0 Å². The molecule has 0 N–H and O–H groups in total. The van der Waals surface area contributed by atoms with Crippen LogP contribution in [-0.2, 0) is 24.8 Å². The Hall–Kier alpha value is -1.73. The first-order valence-electron chi connectivity index (χ1n) is 9.07. The molecular formula is C18H25N5OS. The van der Waals surface area contributed by atoms with Crippen molar-refractivity contribution in [2.75, 3.05) is 26.2 Å². The Morgan fingerprint density at radius 2 is 2.12 bits per heavy atom. The van der Waals surface area contributed by atoms with E-state index in [-0.39, 0.29) is 5.92 Å². The number of hydrogen-bond acceptors (Lipinski definition) is 5. The van der Waals surface area contributed by atoms with E-state index in [0.717, 1.165) is 45.6 Å². The van der Waals surface area contributed by atoms with E-state index in [0.29, 0.717) is 11.8 Å². The molecule has 2 atom stereocenters. The number of carbonyl (C=O) groups excluding carboxylic acids is 1. The average molecular weight is 359 g/mol. The first kappa shape index (κ1) is 16.7. The van der Waals surface area contributed by atoms with Gasteiger partial charge >= 0.3 is 0 Å². The first-order valence-corrected chi connectivity index (χ1v) is 9.95. The lowest BCUT2D eigenvalue weighted by Gasteiger charge is -2.34. The fraction of sp³-hybridized carbons (Fsp3) is 0.611. The van der Waals surface area contributed by atoms with Gasteiger partial charge in [-0.1, -0.05) is 6.92 Å². The second kappa shape index (κ2) is 6.88. The van der Waals surface area contributed by atoms with Gasteiger partial charge in [0.25, 0.3) is 0 Å². The van der Waals surface area contributed by atoms with Crippen LogP contribution in [0.1, 0.15) is 35.5 Å². The SMILES string of the molecule is CCc1nc(CN2CCN(C(=O)C3CC3c3cnn(C)c3)CC2)cs1. The topological polar surface area (TPSA) is 54.3 Å². The number of amides is 1. The molecule has 1 amide bonds. The molecule has 25 heavy (non-hydrogen) atoms. The van der Waals surface area contributed by atoms with E-state index >= 15 is 0 Å². The maximum atomic E-state index is 12.7. The summed E-state index contributed by atoms with van der Waals surface area (Å²) in [5.41, 5.74) is 2.37. The van der Waals surface area contributed by atoms with Gasteiger partial charge in [0, 0.05) is 57.3 Å². The Bertz CT molecular complexity index is 746. The summed E-state index contributed by atoms with van der Waals surface area (Å²) >= 11 is 1.75. The maximum absolute atomic E-state index is 12.7. The average Bonchev–Trinajstić information content (AvgIpc) is 3.09. The molecule has 3 heterocycles. The smallest absolute Gasteiger partial charge is 0.226 e. The fourth-order valence-electron chi connectivity index (χ4n) is 3.64. The van der Waals surface area contributed by atoms with Crippen molar-refractivity contribution in [1.82, 2.24) is 24.6 Å². The molecule has 2 fully saturated rings. The van der Waals surface area contributed by atoms with E-state index in [1.54, 1.807) is 11.3 Å². The minimum atomic E-state index is 0.168. The van der Waals surface area contributed by atoms with Crippen LogP contribution in [0.15, 0.2) is 17.8 Å². The third-order valence-electron chi connectivity index (χ3n) is 5.23. The van der Waals surface area contributed by atoms with E-state index in [4.69, 9.17) is 0 Å². The third kappa shape index (κ3) is 3.62. The van der Waals surface area contributed by atoms with Crippen molar-refractivity contribution in [3.63, 3.8) is 0 Å². The van der Waals surface area contributed by atoms with Gasteiger partial charge in [0.1, 0.15) is 0 Å². The lowest BCUT2D eigenvalue weighted by atomic mass is 10.1. The lowest BCUT2D eigenvalue weighted by Crippen LogP contribution is -2.48. The molecule has 2 aromatic heterocycles. The zero-order chi connectivity index (χ0) is 17.4. The quantitative estimate of drug-likeness (QED) is 0.818. The molecule has 0 spiro atoms. The second-order valence-corrected chi connectivity index (χ2v) is 8.03. The summed E-state index contributed by atoms with van der Waals surface area (Å²) in [7, 11) is 1.92. The van der Waals surface area contributed by atoms with Crippen LogP contribution in [0.25, 0.3) is 0 Å². The maximum Gasteiger partial charge on any atom is 0.226 e. The van der Waals surface area contributed by atoms with Gasteiger partial charge in [0.15, 0.2) is 0 Å². The molecule has 2 unspecified atom stereocenters. The fourth-order valence-corrected chi connectivity index (χ4v) is 4.38. The Morgan fingerprint density at radius 1 is 1.32 bits per heavy atom. The van der Waals surface area contributed by atoms with Crippen LogP contribution in [-0.4, -0.2) is 56.7 Å². The molecule has 2 aromatic rings. The number of aryl methyl sites for hydroxylation is 2. The number of piperazine rings is 1. The monoisotopic (exact) mass is 359 g/mol. The third-order valence-corrected chi connectivity index (χ3v) is 6.27. The highest BCUT2D eigenvalue weighted by Crippen LogP contribution is 2.48. The van der Waals surface area contributed by atoms with Crippen molar-refractivity contribution in [2.24, 2.45) is 13.0 Å². The molecule has 6 nitrogen and oxygen atoms in total. The van der Waals surface area contributed by atoms with Gasteiger partial charge < -0.3 is 4.90 Å². The Labute approximate surface area is 152 Å². The molecule has 1 aliphatic heterocycles. The van der Waals surface area contributed by atoms with Crippen molar-refractivity contribution in [3.8, 4) is 0 Å². The van der Waals surface area contributed by atoms with E-state index in [9.17, 15) is 4.79 Å². The molecule has 0 bridgehead atoms. The molecule has 1 saturated heterocycles. The van der Waals surface area contributed by atoms with Crippen LogP contribution in [0.2, 0.25) is 0 Å². The molecule has 1 saturated carbocycles. The van der Waals surface area contributed by atoms with Gasteiger partial charge in [-0.25, -0.2) is 4.98 Å². The summed E-state index contributed by atoms with van der Waals surface area (Å²) in [5.74, 6) is 0.874. The molecule has 134 valence electrons. The number of hydrogen-bond donors (Lipinski definition) is 0. The minimum Gasteiger partial charge on any atom is -0.340 e. The largest absolute Gasteiger partial charge is 0.340 e. The summed E-state index contributed by atoms with van der Waals surface area (Å²) in [5, 5.41) is 7.59. The summed E-state index contributed by atoms with van der Waals surface area (Å²) in [4.78, 5) is 21.8. The Balaban J connectivity index is 1.26. The van der Waals surface area contributed by atoms with E-state index in [1.165, 1.54) is 16.3 Å². The van der Waals surface area contributed by atoms with Crippen LogP contribution in [0, 0.1) is 5.92 Å². The van der Waals surface area contributed by atoms with E-state index in [1.807, 2.05) is 24.1 Å². The van der Waals surface area contributed by atoms with Gasteiger partial charge in [0.2, 0.25) is 5.91 Å². The Morgan fingerprint density at radius 3 is 2.76 bits per heavy atom. The summed E-state index contributed by atoms with van der Waals surface area (Å²) in [6.07, 6.45) is 5.92. The summed E-state index contributed by atoms with van der Waals surface area (Å²) in [6.45, 7) is 6.59. The molecule has 7 heteroatoms. The van der Waals surface area contributed by atoms with Crippen molar-refractivity contribution in [2.45, 2.75) is 32.2 Å². The molecule has 0 aromatic carbocycles. The predicted octanol–water partition coefficient (Wildman–Crippen LogP) is 1.89. The van der Waals surface area contributed by atoms with Crippen molar-refractivity contribution < 1.29 is 4.79 Å². The van der Waals surface area contributed by atoms with Crippen LogP contribution in [0.5, 0.6) is 0 Å². The molecule has 1 aliphatic carbocycles. The first-order chi connectivity index (χ1) is 12.1. The van der Waals surface area contributed by atoms with Crippen LogP contribution in [0.3, 0.4) is 0 Å². The molecule has 0 radical (unpaired) electrons.